The molecular weight excluding hydrogens is 534 g/mol. The Kier molecular flexibility index (Phi) is 7.67. The molecular formula is C24H16ClN7O7. The molecule has 3 aromatic carbocycles. The fourth-order valence-corrected chi connectivity index (χ4v) is 3.69. The van der Waals surface area contributed by atoms with Gasteiger partial charge in [-0.25, -0.2) is 10.9 Å². The fourth-order valence-electron chi connectivity index (χ4n) is 3.46. The van der Waals surface area contributed by atoms with Crippen molar-refractivity contribution >= 4 is 52.1 Å². The molecule has 0 aliphatic carbocycles. The number of nitrogens with one attached hydrogen (secondary N) is 3. The number of hydrogen-bond donors (Lipinski definition) is 3. The topological polar surface area (TPSA) is 202 Å². The van der Waals surface area contributed by atoms with Gasteiger partial charge in [-0.05, 0) is 18.2 Å². The Morgan fingerprint density at radius 1 is 0.846 bits per heavy atom. The lowest BCUT2D eigenvalue weighted by molar-refractivity contribution is -0.385. The van der Waals surface area contributed by atoms with E-state index in [-0.39, 0.29) is 38.9 Å². The molecule has 1 aliphatic heterocycles. The summed E-state index contributed by atoms with van der Waals surface area (Å²) in [6.45, 7) is 0. The number of carbonyl (C=O) groups excluding carboxylic acids is 2. The zero-order valence-electron chi connectivity index (χ0n) is 19.5. The molecule has 1 fully saturated rings. The average Bonchev–Trinajstić information content (AvgIpc) is 3.25. The number of non-ortho nitro benzene ring substituents is 2. The second-order valence-corrected chi connectivity index (χ2v) is 8.21. The highest BCUT2D eigenvalue weighted by atomic mass is 35.5. The predicted octanol–water partition coefficient (Wildman–Crippen LogP) is 3.78. The fraction of sp³-hybridized carbons (Fsp3) is 0.0417. The first-order valence-electron chi connectivity index (χ1n) is 10.9. The largest absolute Gasteiger partial charge is 0.461 e. The van der Waals surface area contributed by atoms with Gasteiger partial charge < -0.3 is 4.74 Å². The quantitative estimate of drug-likeness (QED) is 0.293. The summed E-state index contributed by atoms with van der Waals surface area (Å²) in [6.07, 6.45) is -1.11. The summed E-state index contributed by atoms with van der Waals surface area (Å²) < 4.78 is 5.59. The average molecular weight is 550 g/mol. The van der Waals surface area contributed by atoms with Crippen LogP contribution in [0.3, 0.4) is 0 Å². The Bertz CT molecular complexity index is 1590. The van der Waals surface area contributed by atoms with Crippen molar-refractivity contribution < 1.29 is 24.2 Å². The molecule has 0 unspecified atom stereocenters. The molecule has 2 amide bonds. The number of nitro groups is 2. The second-order valence-electron chi connectivity index (χ2n) is 7.80. The minimum atomic E-state index is -1.11. The number of nitro benzene ring substituents is 2. The van der Waals surface area contributed by atoms with E-state index in [9.17, 15) is 29.8 Å². The number of rotatable bonds is 7. The predicted molar refractivity (Wildman–Crippen MR) is 139 cm³/mol. The van der Waals surface area contributed by atoms with Gasteiger partial charge in [0.05, 0.1) is 9.85 Å². The zero-order valence-corrected chi connectivity index (χ0v) is 20.3. The highest BCUT2D eigenvalue weighted by Gasteiger charge is 2.38. The molecule has 0 aromatic heterocycles. The van der Waals surface area contributed by atoms with Gasteiger partial charge in [-0.2, -0.15) is 10.2 Å². The lowest BCUT2D eigenvalue weighted by Crippen LogP contribution is -2.28. The lowest BCUT2D eigenvalue weighted by Gasteiger charge is -2.12. The molecule has 14 nitrogen and oxygen atoms in total. The van der Waals surface area contributed by atoms with E-state index in [2.05, 4.69) is 21.1 Å². The summed E-state index contributed by atoms with van der Waals surface area (Å²) in [5, 5.41) is 38.5. The molecule has 1 saturated heterocycles. The summed E-state index contributed by atoms with van der Waals surface area (Å²) in [4.78, 5) is 46.0. The number of amides is 2. The third-order valence-electron chi connectivity index (χ3n) is 5.31. The zero-order chi connectivity index (χ0) is 28.1. The smallest absolute Gasteiger partial charge is 0.271 e. The van der Waals surface area contributed by atoms with Gasteiger partial charge in [-0.3, -0.25) is 35.2 Å². The van der Waals surface area contributed by atoms with Crippen molar-refractivity contribution in [3.63, 3.8) is 0 Å². The van der Waals surface area contributed by atoms with Gasteiger partial charge in [0.25, 0.3) is 23.2 Å². The Morgan fingerprint density at radius 2 is 1.38 bits per heavy atom. The first-order valence-corrected chi connectivity index (χ1v) is 11.3. The number of halogens is 1. The van der Waals surface area contributed by atoms with E-state index in [0.29, 0.717) is 5.56 Å². The van der Waals surface area contributed by atoms with Gasteiger partial charge in [-0.15, -0.1) is 0 Å². The van der Waals surface area contributed by atoms with Crippen molar-refractivity contribution in [3.05, 3.63) is 115 Å². The van der Waals surface area contributed by atoms with Gasteiger partial charge in [0, 0.05) is 46.0 Å². The van der Waals surface area contributed by atoms with E-state index in [1.54, 1.807) is 24.3 Å². The van der Waals surface area contributed by atoms with Crippen molar-refractivity contribution in [1.82, 2.24) is 10.9 Å². The molecule has 1 aliphatic rings. The number of carbonyl (C=O) groups is 2. The third kappa shape index (κ3) is 5.91. The Labute approximate surface area is 223 Å². The van der Waals surface area contributed by atoms with Crippen molar-refractivity contribution in [1.29, 1.82) is 5.41 Å². The SMILES string of the molecule is N=C1O[C@@H](c2ccccc2Cl)C(=N\NC(=O)c2cccc([N+](=O)[O-])c2)/C1=N\NC(=O)c1cccc([N+](=O)[O-])c1. The molecule has 15 heteroatoms. The van der Waals surface area contributed by atoms with Crippen LogP contribution in [0.2, 0.25) is 5.02 Å². The number of hydrogen-bond acceptors (Lipinski definition) is 10. The maximum Gasteiger partial charge on any atom is 0.271 e. The van der Waals surface area contributed by atoms with Crippen molar-refractivity contribution in [2.45, 2.75) is 6.10 Å². The van der Waals surface area contributed by atoms with E-state index < -0.39 is 33.7 Å². The van der Waals surface area contributed by atoms with Crippen molar-refractivity contribution in [2.75, 3.05) is 0 Å². The first-order chi connectivity index (χ1) is 18.7. The number of ether oxygens (including phenoxy) is 1. The van der Waals surface area contributed by atoms with Gasteiger partial charge in [0.1, 0.15) is 5.71 Å². The Hall–Kier alpha value is -5.50. The molecule has 1 atom stereocenters. The molecule has 1 heterocycles. The molecule has 0 radical (unpaired) electrons. The van der Waals surface area contributed by atoms with E-state index in [1.807, 2.05) is 0 Å². The molecule has 4 rings (SSSR count). The first kappa shape index (κ1) is 26.6. The van der Waals surface area contributed by atoms with E-state index in [1.165, 1.54) is 36.4 Å². The highest BCUT2D eigenvalue weighted by molar-refractivity contribution is 6.69. The van der Waals surface area contributed by atoms with Crippen molar-refractivity contribution in [2.24, 2.45) is 10.2 Å². The van der Waals surface area contributed by atoms with Gasteiger partial charge in [0.15, 0.2) is 11.8 Å². The van der Waals surface area contributed by atoms with Crippen LogP contribution < -0.4 is 10.9 Å². The number of benzene rings is 3. The van der Waals surface area contributed by atoms with Crippen LogP contribution in [-0.4, -0.2) is 39.0 Å². The number of nitrogens with zero attached hydrogens (tertiary/aromatic N) is 4. The van der Waals surface area contributed by atoms with Crippen molar-refractivity contribution in [3.8, 4) is 0 Å². The maximum absolute atomic E-state index is 12.7. The Balaban J connectivity index is 1.66. The molecule has 196 valence electrons. The van der Waals surface area contributed by atoms with E-state index in [0.717, 1.165) is 12.1 Å². The summed E-state index contributed by atoms with van der Waals surface area (Å²) in [5.74, 6) is -2.13. The Morgan fingerprint density at radius 3 is 1.92 bits per heavy atom. The molecule has 3 N–H and O–H groups in total. The molecule has 0 spiro atoms. The van der Waals surface area contributed by atoms with Gasteiger partial charge >= 0.3 is 0 Å². The molecule has 0 bridgehead atoms. The maximum atomic E-state index is 12.7. The molecule has 3 aromatic rings. The summed E-state index contributed by atoms with van der Waals surface area (Å²) in [7, 11) is 0. The molecule has 39 heavy (non-hydrogen) atoms. The second kappa shape index (κ2) is 11.3. The highest BCUT2D eigenvalue weighted by Crippen LogP contribution is 2.31. The third-order valence-corrected chi connectivity index (χ3v) is 5.66. The van der Waals surface area contributed by atoms with Crippen LogP contribution in [-0.2, 0) is 4.74 Å². The van der Waals surface area contributed by atoms with Crippen LogP contribution in [0.5, 0.6) is 0 Å². The van der Waals surface area contributed by atoms with Crippen LogP contribution in [0, 0.1) is 25.6 Å². The minimum absolute atomic E-state index is 0.0608. The van der Waals surface area contributed by atoms with Crippen LogP contribution in [0.1, 0.15) is 32.4 Å². The summed E-state index contributed by atoms with van der Waals surface area (Å²) >= 11 is 6.30. The monoisotopic (exact) mass is 549 g/mol. The van der Waals surface area contributed by atoms with Crippen LogP contribution in [0.4, 0.5) is 11.4 Å². The van der Waals surface area contributed by atoms with E-state index >= 15 is 0 Å². The van der Waals surface area contributed by atoms with E-state index in [4.69, 9.17) is 21.7 Å². The minimum Gasteiger partial charge on any atom is -0.461 e. The van der Waals surface area contributed by atoms with Gasteiger partial charge in [-0.1, -0.05) is 41.9 Å². The van der Waals surface area contributed by atoms with Gasteiger partial charge in [0.2, 0.25) is 5.90 Å². The summed E-state index contributed by atoms with van der Waals surface area (Å²) in [5.41, 5.74) is 3.71. The van der Waals surface area contributed by atoms with Crippen LogP contribution >= 0.6 is 11.6 Å². The standard InChI is InChI=1S/C24H16ClN7O7/c25-18-10-2-1-9-17(18)21-19(27-29-23(33)13-5-3-7-15(11-13)31(35)36)20(22(26)39-21)28-30-24(34)14-6-4-8-16(12-14)32(37)38/h1-12,21,26H,(H,29,33)(H,30,34)/b26-22?,27-19-,28-20+/t21-/m0/s1. The number of hydrazone groups is 2. The van der Waals surface area contributed by atoms with Crippen LogP contribution in [0.15, 0.2) is 83.0 Å². The molecule has 0 saturated carbocycles. The lowest BCUT2D eigenvalue weighted by atomic mass is 10.0. The normalized spacial score (nSPS) is 16.5. The van der Waals surface area contributed by atoms with Crippen LogP contribution in [0.25, 0.3) is 0 Å². The summed E-state index contributed by atoms with van der Waals surface area (Å²) in [6, 6.07) is 16.4.